The Morgan fingerprint density at radius 2 is 0.522 bits per heavy atom. The molecule has 0 amide bonds. The molecule has 546 valence electrons. The summed E-state index contributed by atoms with van der Waals surface area (Å²) in [6, 6.07) is 0. The third kappa shape index (κ3) is 65.4. The van der Waals surface area contributed by atoms with E-state index in [0.717, 1.165) is 114 Å². The second-order valence-electron chi connectivity index (χ2n) is 28.0. The van der Waals surface area contributed by atoms with Crippen molar-refractivity contribution < 1.29 is 80.2 Å². The maximum absolute atomic E-state index is 13.1. The summed E-state index contributed by atoms with van der Waals surface area (Å²) in [4.78, 5) is 72.6. The van der Waals surface area contributed by atoms with E-state index in [1.54, 1.807) is 0 Å². The van der Waals surface area contributed by atoms with Gasteiger partial charge in [-0.1, -0.05) is 312 Å². The Morgan fingerprint density at radius 1 is 0.304 bits per heavy atom. The van der Waals surface area contributed by atoms with Crippen LogP contribution in [0.2, 0.25) is 0 Å². The number of carbonyl (C=O) groups is 4. The van der Waals surface area contributed by atoms with Crippen LogP contribution in [-0.4, -0.2) is 96.7 Å². The largest absolute Gasteiger partial charge is 0.472 e. The molecule has 0 rings (SSSR count). The molecule has 0 aliphatic heterocycles. The average Bonchev–Trinajstić information content (AvgIpc) is 3.17. The maximum atomic E-state index is 13.1. The lowest BCUT2D eigenvalue weighted by Gasteiger charge is -2.21. The van der Waals surface area contributed by atoms with Crippen molar-refractivity contribution >= 4 is 39.5 Å². The molecular formula is C73H142O17P2. The molecule has 0 radical (unpaired) electrons. The van der Waals surface area contributed by atoms with Crippen LogP contribution in [0.25, 0.3) is 0 Å². The van der Waals surface area contributed by atoms with Gasteiger partial charge in [-0.3, -0.25) is 37.3 Å². The zero-order chi connectivity index (χ0) is 68.2. The Labute approximate surface area is 562 Å². The van der Waals surface area contributed by atoms with Crippen molar-refractivity contribution in [2.75, 3.05) is 39.6 Å². The fourth-order valence-corrected chi connectivity index (χ4v) is 12.6. The highest BCUT2D eigenvalue weighted by Crippen LogP contribution is 2.45. The maximum Gasteiger partial charge on any atom is 0.472 e. The van der Waals surface area contributed by atoms with E-state index in [9.17, 15) is 43.2 Å². The number of aliphatic hydroxyl groups excluding tert-OH is 1. The number of aliphatic hydroxyl groups is 1. The predicted molar refractivity (Wildman–Crippen MR) is 372 cm³/mol. The third-order valence-corrected chi connectivity index (χ3v) is 19.1. The number of carbonyl (C=O) groups excluding carboxylic acids is 4. The highest BCUT2D eigenvalue weighted by Gasteiger charge is 2.30. The Balaban J connectivity index is 5.24. The lowest BCUT2D eigenvalue weighted by atomic mass is 9.99. The van der Waals surface area contributed by atoms with Gasteiger partial charge in [0.15, 0.2) is 12.2 Å². The molecule has 0 aromatic rings. The number of phosphoric acid groups is 2. The molecule has 0 heterocycles. The molecule has 17 nitrogen and oxygen atoms in total. The average molecular weight is 1350 g/mol. The quantitative estimate of drug-likeness (QED) is 0.0222. The van der Waals surface area contributed by atoms with Crippen LogP contribution < -0.4 is 0 Å². The van der Waals surface area contributed by atoms with Gasteiger partial charge in [0.1, 0.15) is 19.3 Å². The van der Waals surface area contributed by atoms with Crippen LogP contribution >= 0.6 is 15.6 Å². The minimum Gasteiger partial charge on any atom is -0.462 e. The van der Waals surface area contributed by atoms with E-state index < -0.39 is 97.5 Å². The van der Waals surface area contributed by atoms with Crippen molar-refractivity contribution in [1.82, 2.24) is 0 Å². The number of ether oxygens (including phenoxy) is 4. The van der Waals surface area contributed by atoms with Gasteiger partial charge in [-0.15, -0.1) is 0 Å². The van der Waals surface area contributed by atoms with E-state index in [-0.39, 0.29) is 25.7 Å². The van der Waals surface area contributed by atoms with E-state index in [1.807, 2.05) is 0 Å². The molecule has 0 aromatic heterocycles. The molecule has 0 bridgehead atoms. The molecule has 92 heavy (non-hydrogen) atoms. The van der Waals surface area contributed by atoms with Crippen LogP contribution in [-0.2, 0) is 65.4 Å². The predicted octanol–water partition coefficient (Wildman–Crippen LogP) is 20.9. The molecule has 0 spiro atoms. The first kappa shape index (κ1) is 90.1. The molecule has 3 N–H and O–H groups in total. The van der Waals surface area contributed by atoms with Crippen molar-refractivity contribution in [2.24, 2.45) is 23.7 Å². The summed E-state index contributed by atoms with van der Waals surface area (Å²) in [5.74, 6) is 0.887. The van der Waals surface area contributed by atoms with Gasteiger partial charge in [0.25, 0.3) is 0 Å². The first-order valence-corrected chi connectivity index (χ1v) is 40.7. The SMILES string of the molecule is CCC(C)CCCCCCCCCCCCCCCCC(=O)O[C@H](COC(=O)CCCCCCCCCCCCCC(C)C)COP(=O)(O)OC[C@@H](O)COP(=O)(O)OC[C@@H](COC(=O)CCCCCCCCC(C)C)OC(=O)CCCCCCCCCCC(C)C. The lowest BCUT2D eigenvalue weighted by molar-refractivity contribution is -0.161. The number of hydrogen-bond donors (Lipinski definition) is 3. The zero-order valence-electron chi connectivity index (χ0n) is 60.2. The molecule has 19 heteroatoms. The van der Waals surface area contributed by atoms with Gasteiger partial charge >= 0.3 is 39.5 Å². The smallest absolute Gasteiger partial charge is 0.462 e. The summed E-state index contributed by atoms with van der Waals surface area (Å²) >= 11 is 0. The molecule has 0 aromatic carbocycles. The summed E-state index contributed by atoms with van der Waals surface area (Å²) < 4.78 is 68.4. The number of phosphoric ester groups is 2. The molecule has 3 unspecified atom stereocenters. The standard InChI is InChI=1S/C73H142O17P2/c1-9-66(8)52-44-36-27-20-16-12-10-11-13-17-22-29-39-47-55-72(77)89-68(59-83-70(75)53-45-37-28-21-18-14-15-19-25-33-41-49-63(2)3)61-87-91(79,80)85-57-67(74)58-86-92(81,82)88-62-69(60-84-71(76)54-46-38-32-31-35-43-51-65(6)7)90-73(78)56-48-40-30-24-23-26-34-42-50-64(4)5/h63-69,74H,9-62H2,1-8H3,(H,79,80)(H,81,82)/t66?,67-,68-,69-/m1/s1. The molecule has 0 saturated carbocycles. The molecule has 0 saturated heterocycles. The molecule has 6 atom stereocenters. The normalized spacial score (nSPS) is 14.5. The van der Waals surface area contributed by atoms with Crippen LogP contribution in [0, 0.1) is 23.7 Å². The van der Waals surface area contributed by atoms with Crippen LogP contribution in [0.4, 0.5) is 0 Å². The van der Waals surface area contributed by atoms with Gasteiger partial charge in [0.2, 0.25) is 0 Å². The summed E-state index contributed by atoms with van der Waals surface area (Å²) in [7, 11) is -9.91. The van der Waals surface area contributed by atoms with Crippen molar-refractivity contribution in [1.29, 1.82) is 0 Å². The summed E-state index contributed by atoms with van der Waals surface area (Å²) in [5.41, 5.74) is 0. The molecule has 0 fully saturated rings. The van der Waals surface area contributed by atoms with Gasteiger partial charge in [0, 0.05) is 25.7 Å². The zero-order valence-corrected chi connectivity index (χ0v) is 62.0. The van der Waals surface area contributed by atoms with Crippen molar-refractivity contribution in [2.45, 2.75) is 382 Å². The van der Waals surface area contributed by atoms with Crippen molar-refractivity contribution in [3.05, 3.63) is 0 Å². The minimum absolute atomic E-state index is 0.103. The van der Waals surface area contributed by atoms with Gasteiger partial charge in [-0.05, 0) is 49.4 Å². The van der Waals surface area contributed by atoms with Crippen LogP contribution in [0.1, 0.15) is 364 Å². The Bertz CT molecular complexity index is 1820. The van der Waals surface area contributed by atoms with E-state index in [4.69, 9.17) is 37.0 Å². The van der Waals surface area contributed by atoms with Gasteiger partial charge in [-0.25, -0.2) is 9.13 Å². The Kier molecular flexibility index (Phi) is 61.3. The second-order valence-corrected chi connectivity index (χ2v) is 30.9. The van der Waals surface area contributed by atoms with E-state index >= 15 is 0 Å². The number of unbranched alkanes of at least 4 members (excludes halogenated alkanes) is 35. The topological polar surface area (TPSA) is 237 Å². The molecule has 0 aliphatic carbocycles. The van der Waals surface area contributed by atoms with Crippen molar-refractivity contribution in [3.8, 4) is 0 Å². The van der Waals surface area contributed by atoms with Crippen molar-refractivity contribution in [3.63, 3.8) is 0 Å². The Morgan fingerprint density at radius 3 is 0.772 bits per heavy atom. The van der Waals surface area contributed by atoms with E-state index in [1.165, 1.54) is 161 Å². The fraction of sp³-hybridized carbons (Fsp3) is 0.945. The lowest BCUT2D eigenvalue weighted by Crippen LogP contribution is -2.30. The summed E-state index contributed by atoms with van der Waals surface area (Å²) in [5, 5.41) is 10.6. The van der Waals surface area contributed by atoms with Crippen LogP contribution in [0.3, 0.4) is 0 Å². The first-order valence-electron chi connectivity index (χ1n) is 37.7. The van der Waals surface area contributed by atoms with Gasteiger partial charge < -0.3 is 33.8 Å². The summed E-state index contributed by atoms with van der Waals surface area (Å²) in [6.45, 7) is 14.1. The fourth-order valence-electron chi connectivity index (χ4n) is 11.0. The third-order valence-electron chi connectivity index (χ3n) is 17.2. The van der Waals surface area contributed by atoms with E-state index in [2.05, 4.69) is 55.4 Å². The minimum atomic E-state index is -4.96. The second kappa shape index (κ2) is 62.6. The van der Waals surface area contributed by atoms with E-state index in [0.29, 0.717) is 31.6 Å². The highest BCUT2D eigenvalue weighted by atomic mass is 31.2. The molecular weight excluding hydrogens is 1210 g/mol. The van der Waals surface area contributed by atoms with Crippen LogP contribution in [0.5, 0.6) is 0 Å². The van der Waals surface area contributed by atoms with Gasteiger partial charge in [-0.2, -0.15) is 0 Å². The number of rotatable bonds is 70. The number of hydrogen-bond acceptors (Lipinski definition) is 15. The monoisotopic (exact) mass is 1350 g/mol. The van der Waals surface area contributed by atoms with Gasteiger partial charge in [0.05, 0.1) is 26.4 Å². The summed E-state index contributed by atoms with van der Waals surface area (Å²) in [6.07, 6.45) is 46.0. The number of esters is 4. The van der Waals surface area contributed by atoms with Crippen LogP contribution in [0.15, 0.2) is 0 Å². The molecule has 0 aliphatic rings. The highest BCUT2D eigenvalue weighted by molar-refractivity contribution is 7.47. The Hall–Kier alpha value is -1.94. The first-order chi connectivity index (χ1) is 44.1.